The summed E-state index contributed by atoms with van der Waals surface area (Å²) < 4.78 is 16.8. The van der Waals surface area contributed by atoms with Gasteiger partial charge in [0.2, 0.25) is 0 Å². The van der Waals surface area contributed by atoms with Gasteiger partial charge in [-0.25, -0.2) is 0 Å². The third kappa shape index (κ3) is 54.4. The zero-order valence-electron chi connectivity index (χ0n) is 44.3. The number of esters is 3. The minimum atomic E-state index is -0.823. The molecule has 0 heterocycles. The van der Waals surface area contributed by atoms with Crippen LogP contribution in [0.5, 0.6) is 0 Å². The van der Waals surface area contributed by atoms with Crippen molar-refractivity contribution in [2.24, 2.45) is 0 Å². The van der Waals surface area contributed by atoms with Crippen molar-refractivity contribution in [1.82, 2.24) is 0 Å². The van der Waals surface area contributed by atoms with Crippen LogP contribution in [0.25, 0.3) is 0 Å². The van der Waals surface area contributed by atoms with Crippen LogP contribution in [0, 0.1) is 0 Å². The van der Waals surface area contributed by atoms with Gasteiger partial charge in [-0.05, 0) is 128 Å². The summed E-state index contributed by atoms with van der Waals surface area (Å²) in [5, 5.41) is 0. The zero-order valence-corrected chi connectivity index (χ0v) is 44.3. The van der Waals surface area contributed by atoms with E-state index in [-0.39, 0.29) is 44.0 Å². The largest absolute Gasteiger partial charge is 0.462 e. The van der Waals surface area contributed by atoms with Gasteiger partial charge in [-0.3, -0.25) is 14.4 Å². The van der Waals surface area contributed by atoms with Crippen molar-refractivity contribution in [3.63, 3.8) is 0 Å². The fourth-order valence-corrected chi connectivity index (χ4v) is 7.03. The highest BCUT2D eigenvalue weighted by atomic mass is 16.6. The second kappa shape index (κ2) is 56.1. The topological polar surface area (TPSA) is 78.9 Å². The first-order valence-electron chi connectivity index (χ1n) is 27.7. The minimum Gasteiger partial charge on any atom is -0.462 e. The predicted octanol–water partition coefficient (Wildman–Crippen LogP) is 18.6. The molecule has 0 rings (SSSR count). The predicted molar refractivity (Wildman–Crippen MR) is 297 cm³/mol. The quantitative estimate of drug-likeness (QED) is 0.0262. The Bertz CT molecular complexity index is 1510. The fraction of sp³-hybridized carbons (Fsp3) is 0.603. The highest BCUT2D eigenvalue weighted by Crippen LogP contribution is 2.13. The summed E-state index contributed by atoms with van der Waals surface area (Å²) in [6, 6.07) is 0. The molecule has 0 saturated heterocycles. The summed E-state index contributed by atoms with van der Waals surface area (Å²) in [6.07, 6.45) is 78.7. The molecule has 0 bridgehead atoms. The molecular weight excluding hydrogens is 853 g/mol. The van der Waals surface area contributed by atoms with Gasteiger partial charge >= 0.3 is 17.9 Å². The highest BCUT2D eigenvalue weighted by molar-refractivity contribution is 5.71. The van der Waals surface area contributed by atoms with Crippen molar-refractivity contribution in [1.29, 1.82) is 0 Å². The maximum Gasteiger partial charge on any atom is 0.306 e. The highest BCUT2D eigenvalue weighted by Gasteiger charge is 2.19. The van der Waals surface area contributed by atoms with E-state index in [4.69, 9.17) is 14.2 Å². The third-order valence-corrected chi connectivity index (χ3v) is 11.1. The lowest BCUT2D eigenvalue weighted by molar-refractivity contribution is -0.167. The Morgan fingerprint density at radius 1 is 0.304 bits per heavy atom. The molecule has 0 amide bonds. The van der Waals surface area contributed by atoms with Crippen LogP contribution < -0.4 is 0 Å². The minimum absolute atomic E-state index is 0.115. The molecule has 0 aromatic heterocycles. The van der Waals surface area contributed by atoms with E-state index < -0.39 is 6.10 Å². The van der Waals surface area contributed by atoms with Gasteiger partial charge in [0.25, 0.3) is 0 Å². The molecule has 0 aromatic carbocycles. The first-order chi connectivity index (χ1) is 34.0. The molecule has 6 nitrogen and oxygen atoms in total. The second-order valence-electron chi connectivity index (χ2n) is 17.7. The van der Waals surface area contributed by atoms with Crippen molar-refractivity contribution in [3.05, 3.63) is 134 Å². The lowest BCUT2D eigenvalue weighted by Crippen LogP contribution is -2.30. The van der Waals surface area contributed by atoms with Crippen molar-refractivity contribution < 1.29 is 28.6 Å². The summed E-state index contributed by atoms with van der Waals surface area (Å²) in [7, 11) is 0. The van der Waals surface area contributed by atoms with Crippen LogP contribution in [0.2, 0.25) is 0 Å². The number of carbonyl (C=O) groups excluding carboxylic acids is 3. The van der Waals surface area contributed by atoms with Crippen molar-refractivity contribution in [2.45, 2.75) is 232 Å². The zero-order chi connectivity index (χ0) is 50.0. The van der Waals surface area contributed by atoms with Crippen LogP contribution in [-0.4, -0.2) is 37.2 Å². The number of hydrogen-bond acceptors (Lipinski definition) is 6. The summed E-state index contributed by atoms with van der Waals surface area (Å²) >= 11 is 0. The van der Waals surface area contributed by atoms with Gasteiger partial charge in [-0.1, -0.05) is 212 Å². The molecule has 69 heavy (non-hydrogen) atoms. The molecule has 0 radical (unpaired) electrons. The first-order valence-corrected chi connectivity index (χ1v) is 27.7. The molecule has 388 valence electrons. The van der Waals surface area contributed by atoms with Gasteiger partial charge in [0.15, 0.2) is 6.10 Å². The maximum atomic E-state index is 12.8. The van der Waals surface area contributed by atoms with E-state index >= 15 is 0 Å². The van der Waals surface area contributed by atoms with Gasteiger partial charge in [-0.2, -0.15) is 0 Å². The molecule has 0 saturated carbocycles. The molecule has 0 N–H and O–H groups in total. The lowest BCUT2D eigenvalue weighted by atomic mass is 10.1. The van der Waals surface area contributed by atoms with Crippen molar-refractivity contribution >= 4 is 17.9 Å². The normalized spacial score (nSPS) is 13.1. The number of allylic oxidation sites excluding steroid dienone is 22. The van der Waals surface area contributed by atoms with Crippen molar-refractivity contribution in [2.75, 3.05) is 13.2 Å². The van der Waals surface area contributed by atoms with Crippen LogP contribution in [0.15, 0.2) is 134 Å². The molecule has 0 aliphatic carbocycles. The third-order valence-electron chi connectivity index (χ3n) is 11.1. The molecule has 1 atom stereocenters. The molecule has 0 spiro atoms. The standard InChI is InChI=1S/C63H100O6/c1-4-7-10-13-16-19-22-25-28-31-34-37-40-43-46-49-52-55-61(64)67-58-60(69-63(66)57-54-51-48-45-42-39-36-33-30-27-24-21-18-15-12-9-6-3)59-68-62(65)56-53-50-47-44-41-38-35-32-29-26-23-20-17-14-11-8-5-2/h7,9-10,12,16-21,25-30,34,36-37,39,43,46,60H,4-6,8,11,13-15,22-24,31-33,35,38,40-42,44-45,47-59H2,1-3H3/b10-7-,12-9-,19-16-,20-17-,21-18-,28-25-,29-26-,30-27-,37-34-,39-36-,46-43-. The van der Waals surface area contributed by atoms with Crippen LogP contribution in [-0.2, 0) is 28.6 Å². The van der Waals surface area contributed by atoms with Crippen LogP contribution in [0.3, 0.4) is 0 Å². The number of rotatable bonds is 48. The van der Waals surface area contributed by atoms with E-state index in [1.54, 1.807) is 0 Å². The van der Waals surface area contributed by atoms with E-state index in [0.29, 0.717) is 12.8 Å². The average Bonchev–Trinajstić information content (AvgIpc) is 3.35. The average molecular weight is 953 g/mol. The van der Waals surface area contributed by atoms with Crippen LogP contribution in [0.1, 0.15) is 226 Å². The Morgan fingerprint density at radius 3 is 0.942 bits per heavy atom. The van der Waals surface area contributed by atoms with Gasteiger partial charge in [0.1, 0.15) is 13.2 Å². The first kappa shape index (κ1) is 64.5. The van der Waals surface area contributed by atoms with Crippen LogP contribution >= 0.6 is 0 Å². The number of unbranched alkanes of at least 4 members (excludes halogenated alkanes) is 15. The maximum absolute atomic E-state index is 12.8. The molecule has 0 fully saturated rings. The molecule has 0 aliphatic rings. The molecule has 6 heteroatoms. The Balaban J connectivity index is 4.56. The van der Waals surface area contributed by atoms with E-state index in [1.807, 2.05) is 0 Å². The SMILES string of the molecule is CC/C=C\C/C=C\C/C=C\C/C=C\C/C=C\CCCC(=O)OCC(COC(=O)CCCCCCCCC/C=C\C/C=C\CCCCC)OC(=O)CCCCCC/C=C\C/C=C\C/C=C\C/C=C\CC. The molecule has 1 unspecified atom stereocenters. The molecule has 0 aliphatic heterocycles. The Labute approximate surface area is 424 Å². The number of carbonyl (C=O) groups is 3. The summed E-state index contributed by atoms with van der Waals surface area (Å²) in [6.45, 7) is 6.30. The summed E-state index contributed by atoms with van der Waals surface area (Å²) in [4.78, 5) is 38.1. The molecule has 0 aromatic rings. The number of ether oxygens (including phenoxy) is 3. The second-order valence-corrected chi connectivity index (χ2v) is 17.7. The molecular formula is C63H100O6. The number of hydrogen-bond donors (Lipinski definition) is 0. The van der Waals surface area contributed by atoms with E-state index in [1.165, 1.54) is 51.4 Å². The summed E-state index contributed by atoms with van der Waals surface area (Å²) in [5.41, 5.74) is 0. The van der Waals surface area contributed by atoms with E-state index in [2.05, 4.69) is 154 Å². The van der Waals surface area contributed by atoms with Gasteiger partial charge < -0.3 is 14.2 Å². The smallest absolute Gasteiger partial charge is 0.306 e. The monoisotopic (exact) mass is 953 g/mol. The Hall–Kier alpha value is -4.45. The van der Waals surface area contributed by atoms with Crippen LogP contribution in [0.4, 0.5) is 0 Å². The Morgan fingerprint density at radius 2 is 0.580 bits per heavy atom. The van der Waals surface area contributed by atoms with Gasteiger partial charge in [-0.15, -0.1) is 0 Å². The van der Waals surface area contributed by atoms with Gasteiger partial charge in [0, 0.05) is 19.3 Å². The van der Waals surface area contributed by atoms with Gasteiger partial charge in [0.05, 0.1) is 0 Å². The fourth-order valence-electron chi connectivity index (χ4n) is 7.03. The summed E-state index contributed by atoms with van der Waals surface area (Å²) in [5.74, 6) is -1.01. The van der Waals surface area contributed by atoms with E-state index in [9.17, 15) is 14.4 Å². The van der Waals surface area contributed by atoms with E-state index in [0.717, 1.165) is 128 Å². The lowest BCUT2D eigenvalue weighted by Gasteiger charge is -2.18. The van der Waals surface area contributed by atoms with Crippen molar-refractivity contribution in [3.8, 4) is 0 Å². The Kier molecular flexibility index (Phi) is 52.5.